The molecule has 0 spiro atoms. The number of hydrogen-bond donors (Lipinski definition) is 4. The number of aliphatic hydroxyl groups excluding tert-OH is 3. The van der Waals surface area contributed by atoms with Crippen LogP contribution in [0.3, 0.4) is 0 Å². The number of rotatable bonds is 4. The van der Waals surface area contributed by atoms with Gasteiger partial charge in [-0.15, -0.1) is 0 Å². The number of nitrogens with zero attached hydrogens (tertiary/aromatic N) is 1. The summed E-state index contributed by atoms with van der Waals surface area (Å²) in [6, 6.07) is 9.39. The summed E-state index contributed by atoms with van der Waals surface area (Å²) in [5.41, 5.74) is -1.69. The molecule has 1 saturated heterocycles. The molecule has 1 aromatic heterocycles. The number of ether oxygens (including phenoxy) is 2. The molecule has 146 valence electrons. The Bertz CT molecular complexity index is 910. The highest BCUT2D eigenvalue weighted by molar-refractivity contribution is 7.86. The monoisotopic (exact) mass is 401 g/mol. The highest BCUT2D eigenvalue weighted by Crippen LogP contribution is 2.28. The van der Waals surface area contributed by atoms with Gasteiger partial charge in [0.05, 0.1) is 6.20 Å². The fourth-order valence-electron chi connectivity index (χ4n) is 2.59. The van der Waals surface area contributed by atoms with Crippen molar-refractivity contribution in [2.45, 2.75) is 30.0 Å². The van der Waals surface area contributed by atoms with E-state index in [1.165, 1.54) is 0 Å². The predicted molar refractivity (Wildman–Crippen MR) is 88.5 cm³/mol. The standard InChI is InChI=1S/C16H16FNO8S/c17-10-6-9(7-18-11(10)8-4-2-1-3-5-8)25-15-13(20)12(19)14(21)16(26-15)27(22,23)24/h1-7,12-16,19-21H,(H,22,23,24)/t12-,13-,14+,15-,16?/m1/s1. The summed E-state index contributed by atoms with van der Waals surface area (Å²) < 4.78 is 55.9. The maximum Gasteiger partial charge on any atom is 0.295 e. The molecule has 4 N–H and O–H groups in total. The molecule has 1 aromatic carbocycles. The lowest BCUT2D eigenvalue weighted by atomic mass is 10.1. The van der Waals surface area contributed by atoms with Gasteiger partial charge in [0.15, 0.2) is 5.82 Å². The van der Waals surface area contributed by atoms with Gasteiger partial charge in [-0.05, 0) is 0 Å². The second-order valence-corrected chi connectivity index (χ2v) is 7.34. The zero-order valence-electron chi connectivity index (χ0n) is 13.6. The van der Waals surface area contributed by atoms with Crippen molar-refractivity contribution in [1.29, 1.82) is 0 Å². The first-order chi connectivity index (χ1) is 12.7. The molecular weight excluding hydrogens is 385 g/mol. The molecule has 1 aliphatic heterocycles. The van der Waals surface area contributed by atoms with Crippen molar-refractivity contribution >= 4 is 10.1 Å². The average Bonchev–Trinajstić information content (AvgIpc) is 2.62. The zero-order chi connectivity index (χ0) is 19.8. The largest absolute Gasteiger partial charge is 0.460 e. The lowest BCUT2D eigenvalue weighted by Gasteiger charge is -2.38. The second-order valence-electron chi connectivity index (χ2n) is 5.84. The topological polar surface area (TPSA) is 146 Å². The van der Waals surface area contributed by atoms with Gasteiger partial charge in [0.1, 0.15) is 29.8 Å². The van der Waals surface area contributed by atoms with Crippen LogP contribution in [0.25, 0.3) is 11.3 Å². The van der Waals surface area contributed by atoms with E-state index < -0.39 is 46.0 Å². The normalized spacial score (nSPS) is 28.7. The Kier molecular flexibility index (Phi) is 5.42. The van der Waals surface area contributed by atoms with Crippen LogP contribution in [0.15, 0.2) is 42.6 Å². The number of aliphatic hydroxyl groups is 3. The summed E-state index contributed by atoms with van der Waals surface area (Å²) in [5.74, 6) is -0.982. The smallest absolute Gasteiger partial charge is 0.295 e. The molecule has 0 aliphatic carbocycles. The third-order valence-electron chi connectivity index (χ3n) is 3.93. The third kappa shape index (κ3) is 4.08. The van der Waals surface area contributed by atoms with Gasteiger partial charge >= 0.3 is 0 Å². The minimum Gasteiger partial charge on any atom is -0.460 e. The number of pyridine rings is 1. The highest BCUT2D eigenvalue weighted by atomic mass is 32.2. The molecule has 0 amide bonds. The van der Waals surface area contributed by atoms with Crippen LogP contribution in [-0.4, -0.2) is 63.3 Å². The summed E-state index contributed by atoms with van der Waals surface area (Å²) >= 11 is 0. The highest BCUT2D eigenvalue weighted by Gasteiger charge is 2.50. The van der Waals surface area contributed by atoms with Crippen LogP contribution < -0.4 is 4.74 Å². The average molecular weight is 401 g/mol. The SMILES string of the molecule is O=S(=O)(O)C1O[C@@H](Oc2cnc(-c3ccccc3)c(F)c2)[C@H](O)[C@@H](O)[C@@H]1O. The van der Waals surface area contributed by atoms with Gasteiger partial charge in [0, 0.05) is 11.6 Å². The van der Waals surface area contributed by atoms with Gasteiger partial charge in [-0.1, -0.05) is 30.3 Å². The molecule has 0 radical (unpaired) electrons. The van der Waals surface area contributed by atoms with Crippen LogP contribution in [-0.2, 0) is 14.9 Å². The third-order valence-corrected chi connectivity index (χ3v) is 4.91. The summed E-state index contributed by atoms with van der Waals surface area (Å²) in [5, 5.41) is 29.3. The molecule has 3 rings (SSSR count). The van der Waals surface area contributed by atoms with Crippen LogP contribution >= 0.6 is 0 Å². The zero-order valence-corrected chi connectivity index (χ0v) is 14.4. The molecule has 11 heteroatoms. The molecule has 27 heavy (non-hydrogen) atoms. The minimum absolute atomic E-state index is 0.0410. The Morgan fingerprint density at radius 3 is 2.33 bits per heavy atom. The minimum atomic E-state index is -4.92. The van der Waals surface area contributed by atoms with Crippen LogP contribution in [0.1, 0.15) is 0 Å². The van der Waals surface area contributed by atoms with Gasteiger partial charge in [-0.25, -0.2) is 9.37 Å². The Balaban J connectivity index is 1.83. The van der Waals surface area contributed by atoms with Crippen molar-refractivity contribution in [1.82, 2.24) is 4.98 Å². The maximum absolute atomic E-state index is 14.3. The van der Waals surface area contributed by atoms with Gasteiger partial charge in [-0.3, -0.25) is 4.55 Å². The molecule has 9 nitrogen and oxygen atoms in total. The summed E-state index contributed by atoms with van der Waals surface area (Å²) in [6.45, 7) is 0. The maximum atomic E-state index is 14.3. The first-order valence-corrected chi connectivity index (χ1v) is 9.22. The fourth-order valence-corrected chi connectivity index (χ4v) is 3.35. The summed E-state index contributed by atoms with van der Waals surface area (Å²) in [6.07, 6.45) is -6.65. The number of aromatic nitrogens is 1. The van der Waals surface area contributed by atoms with Gasteiger partial charge < -0.3 is 24.8 Å². The van der Waals surface area contributed by atoms with E-state index in [1.54, 1.807) is 30.3 Å². The first-order valence-electron chi connectivity index (χ1n) is 7.72. The van der Waals surface area contributed by atoms with E-state index in [2.05, 4.69) is 4.98 Å². The number of benzene rings is 1. The van der Waals surface area contributed by atoms with Crippen LogP contribution in [0.2, 0.25) is 0 Å². The van der Waals surface area contributed by atoms with E-state index in [4.69, 9.17) is 14.0 Å². The van der Waals surface area contributed by atoms with Crippen molar-refractivity contribution in [3.63, 3.8) is 0 Å². The van der Waals surface area contributed by atoms with Crippen LogP contribution in [0, 0.1) is 5.82 Å². The second kappa shape index (κ2) is 7.46. The molecule has 0 bridgehead atoms. The van der Waals surface area contributed by atoms with Gasteiger partial charge in [-0.2, -0.15) is 8.42 Å². The van der Waals surface area contributed by atoms with Crippen LogP contribution in [0.4, 0.5) is 4.39 Å². The predicted octanol–water partition coefficient (Wildman–Crippen LogP) is -0.0806. The molecule has 1 unspecified atom stereocenters. The quantitative estimate of drug-likeness (QED) is 0.517. The van der Waals surface area contributed by atoms with E-state index in [-0.39, 0.29) is 11.4 Å². The van der Waals surface area contributed by atoms with E-state index in [1.807, 2.05) is 0 Å². The molecule has 1 aliphatic rings. The van der Waals surface area contributed by atoms with Crippen molar-refractivity contribution in [3.8, 4) is 17.0 Å². The Labute approximate surface area is 153 Å². The van der Waals surface area contributed by atoms with Crippen molar-refractivity contribution in [2.75, 3.05) is 0 Å². The lowest BCUT2D eigenvalue weighted by molar-refractivity contribution is -0.254. The molecular formula is C16H16FNO8S. The molecule has 2 heterocycles. The fraction of sp³-hybridized carbons (Fsp3) is 0.312. The van der Waals surface area contributed by atoms with Crippen molar-refractivity contribution in [2.24, 2.45) is 0 Å². The van der Waals surface area contributed by atoms with E-state index in [9.17, 15) is 28.1 Å². The van der Waals surface area contributed by atoms with Crippen molar-refractivity contribution < 1.29 is 42.2 Å². The molecule has 5 atom stereocenters. The van der Waals surface area contributed by atoms with Gasteiger partial charge in [0.25, 0.3) is 10.1 Å². The summed E-state index contributed by atoms with van der Waals surface area (Å²) in [7, 11) is -4.92. The van der Waals surface area contributed by atoms with E-state index in [0.29, 0.717) is 5.56 Å². The summed E-state index contributed by atoms with van der Waals surface area (Å²) in [4.78, 5) is 3.92. The van der Waals surface area contributed by atoms with E-state index >= 15 is 0 Å². The Morgan fingerprint density at radius 1 is 1.07 bits per heavy atom. The van der Waals surface area contributed by atoms with Gasteiger partial charge in [0.2, 0.25) is 11.7 Å². The van der Waals surface area contributed by atoms with E-state index in [0.717, 1.165) is 12.3 Å². The molecule has 2 aromatic rings. The Morgan fingerprint density at radius 2 is 1.74 bits per heavy atom. The number of hydrogen-bond acceptors (Lipinski definition) is 8. The number of halogens is 1. The lowest BCUT2D eigenvalue weighted by Crippen LogP contribution is -2.61. The molecule has 1 fully saturated rings. The van der Waals surface area contributed by atoms with Crippen LogP contribution in [0.5, 0.6) is 5.75 Å². The van der Waals surface area contributed by atoms with Crippen molar-refractivity contribution in [3.05, 3.63) is 48.4 Å². The first kappa shape index (κ1) is 19.6. The molecule has 0 saturated carbocycles. The Hall–Kier alpha value is -2.15.